The van der Waals surface area contributed by atoms with Gasteiger partial charge in [-0.3, -0.25) is 4.79 Å². The summed E-state index contributed by atoms with van der Waals surface area (Å²) in [5.41, 5.74) is 7.07. The smallest absolute Gasteiger partial charge is 0.241 e. The molecule has 6 nitrogen and oxygen atoms in total. The number of hydrogen-bond donors (Lipinski definition) is 2. The SMILES string of the molecule is CC(C)(C)C(N)C(=O)Nc1ccccc1-n1cncn1. The van der Waals surface area contributed by atoms with Gasteiger partial charge in [-0.05, 0) is 17.5 Å². The Bertz CT molecular complexity index is 586. The molecule has 1 aromatic carbocycles. The third-order valence-electron chi connectivity index (χ3n) is 3.04. The second-order valence-corrected chi connectivity index (χ2v) is 5.69. The van der Waals surface area contributed by atoms with E-state index >= 15 is 0 Å². The largest absolute Gasteiger partial charge is 0.323 e. The first kappa shape index (κ1) is 14.2. The van der Waals surface area contributed by atoms with Gasteiger partial charge in [0.05, 0.1) is 17.4 Å². The molecule has 6 heteroatoms. The molecular formula is C14H19N5O. The molecule has 0 saturated carbocycles. The van der Waals surface area contributed by atoms with Gasteiger partial charge < -0.3 is 11.1 Å². The molecule has 0 bridgehead atoms. The maximum Gasteiger partial charge on any atom is 0.241 e. The molecule has 0 radical (unpaired) electrons. The summed E-state index contributed by atoms with van der Waals surface area (Å²) in [4.78, 5) is 16.1. The summed E-state index contributed by atoms with van der Waals surface area (Å²) in [5, 5.41) is 6.92. The van der Waals surface area contributed by atoms with Crippen molar-refractivity contribution in [2.24, 2.45) is 11.1 Å². The molecule has 0 spiro atoms. The zero-order chi connectivity index (χ0) is 14.8. The Morgan fingerprint density at radius 3 is 2.65 bits per heavy atom. The van der Waals surface area contributed by atoms with E-state index in [-0.39, 0.29) is 11.3 Å². The van der Waals surface area contributed by atoms with E-state index in [0.29, 0.717) is 5.69 Å². The monoisotopic (exact) mass is 273 g/mol. The fraction of sp³-hybridized carbons (Fsp3) is 0.357. The summed E-state index contributed by atoms with van der Waals surface area (Å²) in [7, 11) is 0. The van der Waals surface area contributed by atoms with Crippen molar-refractivity contribution in [3.8, 4) is 5.69 Å². The number of carbonyl (C=O) groups excluding carboxylic acids is 1. The van der Waals surface area contributed by atoms with Gasteiger partial charge in [0, 0.05) is 0 Å². The molecule has 20 heavy (non-hydrogen) atoms. The van der Waals surface area contributed by atoms with E-state index in [1.807, 2.05) is 45.0 Å². The number of nitrogens with two attached hydrogens (primary N) is 1. The minimum Gasteiger partial charge on any atom is -0.323 e. The lowest BCUT2D eigenvalue weighted by Gasteiger charge is -2.26. The first-order valence-electron chi connectivity index (χ1n) is 6.40. The highest BCUT2D eigenvalue weighted by Crippen LogP contribution is 2.22. The van der Waals surface area contributed by atoms with Crippen LogP contribution < -0.4 is 11.1 Å². The molecule has 0 aliphatic rings. The number of para-hydroxylation sites is 2. The number of amides is 1. The van der Waals surface area contributed by atoms with Gasteiger partial charge in [0.15, 0.2) is 0 Å². The molecule has 1 amide bonds. The van der Waals surface area contributed by atoms with E-state index in [2.05, 4.69) is 15.4 Å². The van der Waals surface area contributed by atoms with Crippen LogP contribution in [0.4, 0.5) is 5.69 Å². The summed E-state index contributed by atoms with van der Waals surface area (Å²) < 4.78 is 1.60. The Hall–Kier alpha value is -2.21. The number of rotatable bonds is 3. The number of carbonyl (C=O) groups is 1. The van der Waals surface area contributed by atoms with Crippen LogP contribution in [0.5, 0.6) is 0 Å². The molecule has 3 N–H and O–H groups in total. The molecule has 2 rings (SSSR count). The maximum absolute atomic E-state index is 12.2. The van der Waals surface area contributed by atoms with Crippen LogP contribution in [0.25, 0.3) is 5.69 Å². The number of nitrogens with one attached hydrogen (secondary N) is 1. The quantitative estimate of drug-likeness (QED) is 0.889. The summed E-state index contributed by atoms with van der Waals surface area (Å²) in [6.07, 6.45) is 3.02. The van der Waals surface area contributed by atoms with Crippen molar-refractivity contribution in [1.29, 1.82) is 0 Å². The van der Waals surface area contributed by atoms with Gasteiger partial charge in [0.2, 0.25) is 5.91 Å². The summed E-state index contributed by atoms with van der Waals surface area (Å²) in [6, 6.07) is 6.79. The number of benzene rings is 1. The molecule has 1 heterocycles. The van der Waals surface area contributed by atoms with Crippen molar-refractivity contribution in [2.75, 3.05) is 5.32 Å². The molecule has 2 aromatic rings. The highest BCUT2D eigenvalue weighted by molar-refractivity contribution is 5.96. The molecule has 0 saturated heterocycles. The van der Waals surface area contributed by atoms with Crippen molar-refractivity contribution in [3.05, 3.63) is 36.9 Å². The normalized spacial score (nSPS) is 13.0. The van der Waals surface area contributed by atoms with Crippen LogP contribution in [0.2, 0.25) is 0 Å². The standard InChI is InChI=1S/C14H19N5O/c1-14(2,3)12(15)13(20)18-10-6-4-5-7-11(10)19-9-16-8-17-19/h4-9,12H,15H2,1-3H3,(H,18,20). The van der Waals surface area contributed by atoms with Gasteiger partial charge in [-0.15, -0.1) is 0 Å². The van der Waals surface area contributed by atoms with Crippen LogP contribution >= 0.6 is 0 Å². The third-order valence-corrected chi connectivity index (χ3v) is 3.04. The van der Waals surface area contributed by atoms with Crippen molar-refractivity contribution >= 4 is 11.6 Å². The minimum atomic E-state index is -0.591. The van der Waals surface area contributed by atoms with Gasteiger partial charge in [0.1, 0.15) is 12.7 Å². The van der Waals surface area contributed by atoms with E-state index in [1.54, 1.807) is 11.0 Å². The summed E-state index contributed by atoms with van der Waals surface area (Å²) >= 11 is 0. The lowest BCUT2D eigenvalue weighted by atomic mass is 9.87. The predicted molar refractivity (Wildman–Crippen MR) is 77.4 cm³/mol. The predicted octanol–water partition coefficient (Wildman–Crippen LogP) is 1.58. The second-order valence-electron chi connectivity index (χ2n) is 5.69. The van der Waals surface area contributed by atoms with Gasteiger partial charge in [-0.25, -0.2) is 9.67 Å². The molecule has 0 fully saturated rings. The molecular weight excluding hydrogens is 254 g/mol. The molecule has 0 aliphatic carbocycles. The molecule has 1 atom stereocenters. The third kappa shape index (κ3) is 3.03. The number of nitrogens with zero attached hydrogens (tertiary/aromatic N) is 3. The fourth-order valence-corrected chi connectivity index (χ4v) is 1.72. The average Bonchev–Trinajstić information content (AvgIpc) is 2.91. The summed E-state index contributed by atoms with van der Waals surface area (Å²) in [6.45, 7) is 5.79. The molecule has 106 valence electrons. The number of anilines is 1. The van der Waals surface area contributed by atoms with Crippen LogP contribution in [0, 0.1) is 5.41 Å². The Balaban J connectivity index is 2.25. The minimum absolute atomic E-state index is 0.218. The average molecular weight is 273 g/mol. The van der Waals surface area contributed by atoms with Crippen molar-refractivity contribution in [1.82, 2.24) is 14.8 Å². The first-order valence-corrected chi connectivity index (χ1v) is 6.40. The maximum atomic E-state index is 12.2. The Kier molecular flexibility index (Phi) is 3.85. The van der Waals surface area contributed by atoms with E-state index in [9.17, 15) is 4.79 Å². The van der Waals surface area contributed by atoms with Crippen molar-refractivity contribution < 1.29 is 4.79 Å². The Morgan fingerprint density at radius 1 is 1.35 bits per heavy atom. The first-order chi connectivity index (χ1) is 9.39. The van der Waals surface area contributed by atoms with Crippen LogP contribution in [-0.4, -0.2) is 26.7 Å². The highest BCUT2D eigenvalue weighted by Gasteiger charge is 2.27. The second kappa shape index (κ2) is 5.42. The summed E-state index contributed by atoms with van der Waals surface area (Å²) in [5.74, 6) is -0.218. The Morgan fingerprint density at radius 2 is 2.05 bits per heavy atom. The zero-order valence-corrected chi connectivity index (χ0v) is 11.9. The van der Waals surface area contributed by atoms with E-state index in [0.717, 1.165) is 5.69 Å². The van der Waals surface area contributed by atoms with Gasteiger partial charge in [-0.2, -0.15) is 5.10 Å². The van der Waals surface area contributed by atoms with Gasteiger partial charge in [-0.1, -0.05) is 32.9 Å². The zero-order valence-electron chi connectivity index (χ0n) is 11.9. The lowest BCUT2D eigenvalue weighted by molar-refractivity contribution is -0.119. The van der Waals surface area contributed by atoms with Crippen LogP contribution in [0.15, 0.2) is 36.9 Å². The van der Waals surface area contributed by atoms with Crippen molar-refractivity contribution in [3.63, 3.8) is 0 Å². The van der Waals surface area contributed by atoms with Crippen molar-refractivity contribution in [2.45, 2.75) is 26.8 Å². The number of aromatic nitrogens is 3. The molecule has 0 aliphatic heterocycles. The van der Waals surface area contributed by atoms with E-state index < -0.39 is 6.04 Å². The van der Waals surface area contributed by atoms with Crippen LogP contribution in [0.3, 0.4) is 0 Å². The lowest BCUT2D eigenvalue weighted by Crippen LogP contribution is -2.45. The van der Waals surface area contributed by atoms with E-state index in [4.69, 9.17) is 5.73 Å². The van der Waals surface area contributed by atoms with Crippen LogP contribution in [-0.2, 0) is 4.79 Å². The Labute approximate surface area is 118 Å². The molecule has 1 aromatic heterocycles. The van der Waals surface area contributed by atoms with Gasteiger partial charge >= 0.3 is 0 Å². The number of hydrogen-bond acceptors (Lipinski definition) is 4. The molecule has 1 unspecified atom stereocenters. The van der Waals surface area contributed by atoms with Crippen LogP contribution in [0.1, 0.15) is 20.8 Å². The fourth-order valence-electron chi connectivity index (χ4n) is 1.72. The highest BCUT2D eigenvalue weighted by atomic mass is 16.2. The topological polar surface area (TPSA) is 85.8 Å². The van der Waals surface area contributed by atoms with E-state index in [1.165, 1.54) is 6.33 Å². The van der Waals surface area contributed by atoms with Gasteiger partial charge in [0.25, 0.3) is 0 Å².